The minimum Gasteiger partial charge on any atom is -1.00 e. The van der Waals surface area contributed by atoms with Gasteiger partial charge in [0, 0.05) is 0 Å². The molecule has 51 heavy (non-hydrogen) atoms. The summed E-state index contributed by atoms with van der Waals surface area (Å²) in [5.74, 6) is 1.22. The maximum absolute atomic E-state index is 3.40. The quantitative estimate of drug-likeness (QED) is 0.168. The molecule has 1 aliphatic carbocycles. The van der Waals surface area contributed by atoms with Gasteiger partial charge in [0.15, 0.2) is 0 Å². The van der Waals surface area contributed by atoms with E-state index in [0.717, 1.165) is 0 Å². The molecule has 0 saturated carbocycles. The fourth-order valence-corrected chi connectivity index (χ4v) is 6.71. The SMILES string of the molecule is CC(C)(C)c1ccc2c(c1)[cH-]c1cc(C(C)(C)C)ccc12.CC(C)C1[C-]=CC(C(C)(C)C)=C1.Cc1ccc([C](=[Zr+2])c2ccc(C)cc2)cc1.[Cl-].[Cl-]. The van der Waals surface area contributed by atoms with Crippen molar-refractivity contribution in [3.63, 3.8) is 0 Å². The number of halogens is 2. The van der Waals surface area contributed by atoms with E-state index in [1.54, 1.807) is 0 Å². The van der Waals surface area contributed by atoms with Gasteiger partial charge in [-0.25, -0.2) is 6.08 Å². The van der Waals surface area contributed by atoms with Gasteiger partial charge in [-0.05, 0) is 10.8 Å². The van der Waals surface area contributed by atoms with Gasteiger partial charge < -0.3 is 24.8 Å². The van der Waals surface area contributed by atoms with Crippen molar-refractivity contribution in [2.24, 2.45) is 17.3 Å². The molecule has 0 amide bonds. The van der Waals surface area contributed by atoms with Gasteiger partial charge in [-0.15, -0.1) is 39.7 Å². The average molecular weight is 797 g/mol. The Morgan fingerprint density at radius 2 is 1.00 bits per heavy atom. The summed E-state index contributed by atoms with van der Waals surface area (Å²) in [4.78, 5) is 0. The second kappa shape index (κ2) is 18.1. The number of allylic oxidation sites excluding steroid dienone is 4. The molecular formula is C48H58Cl2Zr-2. The molecule has 1 unspecified atom stereocenters. The Labute approximate surface area is 337 Å². The largest absolute Gasteiger partial charge is 1.00 e. The zero-order valence-electron chi connectivity index (χ0n) is 33.2. The van der Waals surface area contributed by atoms with Crippen LogP contribution in [0.15, 0.2) is 109 Å². The smallest absolute Gasteiger partial charge is 1.00 e. The number of hydrogen-bond donors (Lipinski definition) is 0. The molecule has 0 spiro atoms. The maximum Gasteiger partial charge on any atom is -1.00 e. The van der Waals surface area contributed by atoms with Gasteiger partial charge >= 0.3 is 112 Å². The van der Waals surface area contributed by atoms with Gasteiger partial charge in [0.05, 0.1) is 0 Å². The summed E-state index contributed by atoms with van der Waals surface area (Å²) in [7, 11) is 0. The van der Waals surface area contributed by atoms with Crippen LogP contribution in [0, 0.1) is 37.2 Å². The van der Waals surface area contributed by atoms with Crippen LogP contribution >= 0.6 is 0 Å². The van der Waals surface area contributed by atoms with E-state index in [4.69, 9.17) is 0 Å². The molecule has 0 radical (unpaired) electrons. The minimum absolute atomic E-state index is 0. The summed E-state index contributed by atoms with van der Waals surface area (Å²) in [6.07, 6.45) is 7.90. The predicted molar refractivity (Wildman–Crippen MR) is 214 cm³/mol. The van der Waals surface area contributed by atoms with Crippen LogP contribution in [0.3, 0.4) is 0 Å². The third kappa shape index (κ3) is 12.0. The van der Waals surface area contributed by atoms with E-state index in [2.05, 4.69) is 199 Å². The van der Waals surface area contributed by atoms with E-state index >= 15 is 0 Å². The van der Waals surface area contributed by atoms with Crippen LogP contribution in [0.4, 0.5) is 0 Å². The fourth-order valence-electron chi connectivity index (χ4n) is 5.89. The van der Waals surface area contributed by atoms with Crippen LogP contribution in [0.5, 0.6) is 0 Å². The van der Waals surface area contributed by atoms with Crippen molar-refractivity contribution in [1.29, 1.82) is 0 Å². The first-order valence-electron chi connectivity index (χ1n) is 17.9. The Balaban J connectivity index is 0.000000270. The number of rotatable bonds is 3. The molecule has 0 nitrogen and oxygen atoms in total. The van der Waals surface area contributed by atoms with Crippen LogP contribution in [0.25, 0.3) is 21.5 Å². The third-order valence-electron chi connectivity index (χ3n) is 9.49. The van der Waals surface area contributed by atoms with Crippen molar-refractivity contribution in [1.82, 2.24) is 0 Å². The average Bonchev–Trinajstić information content (AvgIpc) is 3.67. The van der Waals surface area contributed by atoms with Crippen molar-refractivity contribution in [3.8, 4) is 0 Å². The zero-order chi connectivity index (χ0) is 36.3. The van der Waals surface area contributed by atoms with Crippen LogP contribution in [0.1, 0.15) is 110 Å². The normalized spacial score (nSPS) is 14.2. The van der Waals surface area contributed by atoms with E-state index < -0.39 is 0 Å². The Kier molecular flexibility index (Phi) is 15.8. The molecule has 0 fully saturated rings. The zero-order valence-corrected chi connectivity index (χ0v) is 37.2. The summed E-state index contributed by atoms with van der Waals surface area (Å²) in [5.41, 5.74) is 10.2. The van der Waals surface area contributed by atoms with Crippen molar-refractivity contribution >= 4 is 24.8 Å². The number of hydrogen-bond acceptors (Lipinski definition) is 0. The van der Waals surface area contributed by atoms with E-state index in [0.29, 0.717) is 11.8 Å². The molecule has 0 bridgehead atoms. The van der Waals surface area contributed by atoms with Gasteiger partial charge in [0.25, 0.3) is 0 Å². The molecule has 270 valence electrons. The molecule has 5 aromatic rings. The van der Waals surface area contributed by atoms with Crippen molar-refractivity contribution in [3.05, 3.63) is 148 Å². The molecule has 5 aromatic carbocycles. The third-order valence-corrected chi connectivity index (χ3v) is 10.9. The van der Waals surface area contributed by atoms with E-state index in [1.165, 1.54) is 87.9 Å². The van der Waals surface area contributed by atoms with Crippen LogP contribution in [-0.4, -0.2) is 3.21 Å². The number of fused-ring (bicyclic) bond motifs is 3. The molecule has 1 atom stereocenters. The van der Waals surface area contributed by atoms with Gasteiger partial charge in [-0.1, -0.05) is 129 Å². The molecule has 0 N–H and O–H groups in total. The van der Waals surface area contributed by atoms with Gasteiger partial charge in [0.2, 0.25) is 0 Å². The first kappa shape index (κ1) is 44.7. The monoisotopic (exact) mass is 794 g/mol. The molecule has 0 aliphatic heterocycles. The van der Waals surface area contributed by atoms with E-state index in [9.17, 15) is 0 Å². The van der Waals surface area contributed by atoms with Crippen LogP contribution in [-0.2, 0) is 35.1 Å². The van der Waals surface area contributed by atoms with Crippen molar-refractivity contribution in [2.75, 3.05) is 0 Å². The molecule has 1 aliphatic rings. The predicted octanol–water partition coefficient (Wildman–Crippen LogP) is 7.34. The van der Waals surface area contributed by atoms with Gasteiger partial charge in [0.1, 0.15) is 0 Å². The first-order chi connectivity index (χ1) is 22.7. The maximum atomic E-state index is 3.40. The summed E-state index contributed by atoms with van der Waals surface area (Å²) < 4.78 is 1.42. The Bertz CT molecular complexity index is 1830. The second-order valence-electron chi connectivity index (χ2n) is 17.3. The minimum atomic E-state index is 0. The molecule has 0 heterocycles. The Morgan fingerprint density at radius 3 is 1.29 bits per heavy atom. The molecule has 3 heteroatoms. The summed E-state index contributed by atoms with van der Waals surface area (Å²) >= 11 is 1.46. The van der Waals surface area contributed by atoms with Crippen LogP contribution in [0.2, 0.25) is 0 Å². The van der Waals surface area contributed by atoms with Crippen molar-refractivity contribution in [2.45, 2.75) is 101 Å². The summed E-state index contributed by atoms with van der Waals surface area (Å²) in [6, 6.07) is 33.7. The molecular weight excluding hydrogens is 739 g/mol. The van der Waals surface area contributed by atoms with E-state index in [1.807, 2.05) is 0 Å². The molecule has 0 saturated heterocycles. The Hall–Kier alpha value is -2.44. The fraction of sp³-hybridized carbons (Fsp3) is 0.375. The summed E-state index contributed by atoms with van der Waals surface area (Å²) in [5, 5.41) is 5.48. The topological polar surface area (TPSA) is 0 Å². The standard InChI is InChI=1S/C21H25.C15H14.C12H19.2ClH.Zr/c1-20(2,3)16-7-9-18-14(12-16)11-15-13-17(21(4,5)6)8-10-19(15)18;1-12-3-7-14(8-4-12)11-15-9-5-13(2)6-10-15;1-9(2)10-6-7-11(8-10)12(3,4)5;;;/h7-13H,1-6H3;3-10H,1-2H3;7-10H,1-5H3;2*1H;/q-1;;-1;;;+2/p-2. The molecule has 0 aromatic heterocycles. The van der Waals surface area contributed by atoms with E-state index in [-0.39, 0.29) is 41.1 Å². The molecule has 6 rings (SSSR count). The summed E-state index contributed by atoms with van der Waals surface area (Å²) in [6.45, 7) is 29.1. The number of benzene rings is 4. The number of aryl methyl sites for hydroxylation is 2. The second-order valence-corrected chi connectivity index (χ2v) is 18.5. The first-order valence-corrected chi connectivity index (χ1v) is 19.2. The van der Waals surface area contributed by atoms with Crippen LogP contribution < -0.4 is 24.8 Å². The van der Waals surface area contributed by atoms with Gasteiger partial charge in [-0.2, -0.15) is 11.6 Å². The Morgan fingerprint density at radius 1 is 0.608 bits per heavy atom. The van der Waals surface area contributed by atoms with Crippen molar-refractivity contribution < 1.29 is 49.0 Å². The van der Waals surface area contributed by atoms with Gasteiger partial charge in [-0.3, -0.25) is 6.08 Å².